The van der Waals surface area contributed by atoms with Crippen LogP contribution < -0.4 is 4.72 Å². The van der Waals surface area contributed by atoms with Gasteiger partial charge in [-0.3, -0.25) is 5.10 Å². The van der Waals surface area contributed by atoms with Gasteiger partial charge >= 0.3 is 0 Å². The predicted octanol–water partition coefficient (Wildman–Crippen LogP) is 0.855. The monoisotopic (exact) mass is 305 g/mol. The van der Waals surface area contributed by atoms with E-state index in [1.54, 1.807) is 0 Å². The molecule has 0 aliphatic heterocycles. The molecule has 108 valence electrons. The van der Waals surface area contributed by atoms with Crippen LogP contribution in [0.4, 0.5) is 0 Å². The zero-order chi connectivity index (χ0) is 13.9. The molecule has 1 aromatic heterocycles. The Hall–Kier alpha value is -0.570. The van der Waals surface area contributed by atoms with Crippen molar-refractivity contribution in [3.05, 3.63) is 11.8 Å². The first-order chi connectivity index (χ1) is 9.06. The van der Waals surface area contributed by atoms with Crippen LogP contribution in [0, 0.1) is 0 Å². The lowest BCUT2D eigenvalue weighted by Gasteiger charge is -2.13. The highest BCUT2D eigenvalue weighted by Crippen LogP contribution is 2.30. The molecule has 0 bridgehead atoms. The highest BCUT2D eigenvalue weighted by Gasteiger charge is 2.30. The number of nitrogens with zero attached hydrogens (tertiary/aromatic N) is 1. The lowest BCUT2D eigenvalue weighted by molar-refractivity contribution is 0.278. The van der Waals surface area contributed by atoms with Crippen molar-refractivity contribution in [2.45, 2.75) is 49.1 Å². The Labute approximate surface area is 117 Å². The highest BCUT2D eigenvalue weighted by molar-refractivity contribution is 7.99. The van der Waals surface area contributed by atoms with Crippen LogP contribution >= 0.6 is 11.8 Å². The van der Waals surface area contributed by atoms with Crippen LogP contribution in [0.25, 0.3) is 0 Å². The van der Waals surface area contributed by atoms with Crippen LogP contribution in [0.2, 0.25) is 0 Å². The number of hydrogen-bond donors (Lipinski definition) is 3. The second-order valence-corrected chi connectivity index (χ2v) is 7.82. The van der Waals surface area contributed by atoms with E-state index in [2.05, 4.69) is 21.8 Å². The van der Waals surface area contributed by atoms with Gasteiger partial charge in [-0.15, -0.1) is 0 Å². The van der Waals surface area contributed by atoms with Gasteiger partial charge < -0.3 is 5.11 Å². The Morgan fingerprint density at radius 1 is 1.58 bits per heavy atom. The smallest absolute Gasteiger partial charge is 0.258 e. The molecule has 3 N–H and O–H groups in total. The van der Waals surface area contributed by atoms with Crippen LogP contribution in [-0.4, -0.2) is 40.8 Å². The summed E-state index contributed by atoms with van der Waals surface area (Å²) in [6.07, 6.45) is 4.10. The van der Waals surface area contributed by atoms with E-state index >= 15 is 0 Å². The van der Waals surface area contributed by atoms with Gasteiger partial charge in [0.05, 0.1) is 12.8 Å². The maximum atomic E-state index is 12.2. The Morgan fingerprint density at radius 3 is 3.05 bits per heavy atom. The first-order valence-corrected chi connectivity index (χ1v) is 8.87. The summed E-state index contributed by atoms with van der Waals surface area (Å²) in [5.74, 6) is 1.05. The van der Waals surface area contributed by atoms with Crippen molar-refractivity contribution in [1.82, 2.24) is 14.9 Å². The van der Waals surface area contributed by atoms with Crippen molar-refractivity contribution in [2.75, 3.05) is 5.75 Å². The number of H-pyrrole nitrogens is 1. The van der Waals surface area contributed by atoms with Crippen LogP contribution in [0.5, 0.6) is 0 Å². The molecular formula is C11H19N3O3S2. The lowest BCUT2D eigenvalue weighted by Crippen LogP contribution is -2.34. The third kappa shape index (κ3) is 3.50. The topological polar surface area (TPSA) is 95.1 Å². The number of aliphatic hydroxyl groups is 1. The van der Waals surface area contributed by atoms with Crippen LogP contribution in [0.3, 0.4) is 0 Å². The summed E-state index contributed by atoms with van der Waals surface area (Å²) in [4.78, 5) is 0. The summed E-state index contributed by atoms with van der Waals surface area (Å²) in [6.45, 7) is 1.77. The molecule has 2 atom stereocenters. The van der Waals surface area contributed by atoms with Crippen molar-refractivity contribution >= 4 is 21.8 Å². The zero-order valence-corrected chi connectivity index (χ0v) is 12.4. The molecule has 1 aromatic rings. The Balaban J connectivity index is 2.03. The van der Waals surface area contributed by atoms with Crippen molar-refractivity contribution in [3.63, 3.8) is 0 Å². The summed E-state index contributed by atoms with van der Waals surface area (Å²) in [7, 11) is -3.62. The Morgan fingerprint density at radius 2 is 2.37 bits per heavy atom. The molecule has 0 spiro atoms. The molecule has 1 aliphatic rings. The maximum Gasteiger partial charge on any atom is 0.258 e. The van der Waals surface area contributed by atoms with Gasteiger partial charge in [0.15, 0.2) is 5.03 Å². The molecule has 0 saturated heterocycles. The molecule has 1 fully saturated rings. The minimum atomic E-state index is -3.62. The Bertz CT molecular complexity index is 515. The van der Waals surface area contributed by atoms with Gasteiger partial charge in [0.2, 0.25) is 0 Å². The number of nitrogens with one attached hydrogen (secondary N) is 2. The molecule has 19 heavy (non-hydrogen) atoms. The van der Waals surface area contributed by atoms with Crippen LogP contribution in [0.1, 0.15) is 31.7 Å². The van der Waals surface area contributed by atoms with Gasteiger partial charge in [0, 0.05) is 16.9 Å². The molecule has 1 aliphatic carbocycles. The van der Waals surface area contributed by atoms with E-state index in [4.69, 9.17) is 5.11 Å². The molecule has 1 saturated carbocycles. The summed E-state index contributed by atoms with van der Waals surface area (Å²) in [5.41, 5.74) is 0.296. The lowest BCUT2D eigenvalue weighted by atomic mass is 10.3. The fourth-order valence-corrected chi connectivity index (χ4v) is 4.91. The second kappa shape index (κ2) is 6.25. The van der Waals surface area contributed by atoms with E-state index < -0.39 is 10.0 Å². The molecule has 0 aromatic carbocycles. The molecule has 1 heterocycles. The van der Waals surface area contributed by atoms with Gasteiger partial charge in [-0.05, 0) is 25.0 Å². The highest BCUT2D eigenvalue weighted by atomic mass is 32.2. The van der Waals surface area contributed by atoms with Gasteiger partial charge in [-0.2, -0.15) is 16.9 Å². The number of aromatic nitrogens is 2. The second-order valence-electron chi connectivity index (χ2n) is 4.59. The molecule has 2 rings (SSSR count). The molecule has 0 amide bonds. The third-order valence-electron chi connectivity index (χ3n) is 3.23. The summed E-state index contributed by atoms with van der Waals surface area (Å²) < 4.78 is 27.1. The van der Waals surface area contributed by atoms with E-state index in [1.807, 2.05) is 11.8 Å². The van der Waals surface area contributed by atoms with Crippen LogP contribution in [-0.2, 0) is 16.6 Å². The number of aromatic amines is 1. The summed E-state index contributed by atoms with van der Waals surface area (Å²) in [6, 6.07) is -0.0242. The van der Waals surface area contributed by atoms with E-state index in [-0.39, 0.29) is 17.7 Å². The fourth-order valence-electron chi connectivity index (χ4n) is 2.36. The van der Waals surface area contributed by atoms with E-state index in [9.17, 15) is 8.42 Å². The number of rotatable bonds is 6. The van der Waals surface area contributed by atoms with Crippen molar-refractivity contribution in [1.29, 1.82) is 0 Å². The maximum absolute atomic E-state index is 12.2. The van der Waals surface area contributed by atoms with Crippen molar-refractivity contribution in [2.24, 2.45) is 0 Å². The normalized spacial score (nSPS) is 23.9. The Kier molecular flexibility index (Phi) is 4.88. The first-order valence-electron chi connectivity index (χ1n) is 6.33. The average Bonchev–Trinajstić information content (AvgIpc) is 2.98. The molecule has 0 radical (unpaired) electrons. The number of aliphatic hydroxyl groups excluding tert-OH is 1. The summed E-state index contributed by atoms with van der Waals surface area (Å²) in [5, 5.41) is 15.7. The van der Waals surface area contributed by atoms with Gasteiger partial charge in [-0.1, -0.05) is 6.92 Å². The molecular weight excluding hydrogens is 286 g/mol. The SMILES string of the molecule is CCSC1CCC(NS(=O)(=O)c2[nH]ncc2CO)C1. The average molecular weight is 305 g/mol. The quantitative estimate of drug-likeness (QED) is 0.724. The number of thioether (sulfide) groups is 1. The predicted molar refractivity (Wildman–Crippen MR) is 74.4 cm³/mol. The van der Waals surface area contributed by atoms with Gasteiger partial charge in [0.1, 0.15) is 0 Å². The third-order valence-corrected chi connectivity index (χ3v) is 5.99. The number of hydrogen-bond acceptors (Lipinski definition) is 5. The minimum Gasteiger partial charge on any atom is -0.392 e. The zero-order valence-electron chi connectivity index (χ0n) is 10.8. The van der Waals surface area contributed by atoms with Crippen molar-refractivity contribution < 1.29 is 13.5 Å². The van der Waals surface area contributed by atoms with Gasteiger partial charge in [-0.25, -0.2) is 13.1 Å². The van der Waals surface area contributed by atoms with E-state index in [1.165, 1.54) is 6.20 Å². The summed E-state index contributed by atoms with van der Waals surface area (Å²) >= 11 is 1.88. The largest absolute Gasteiger partial charge is 0.392 e. The van der Waals surface area contributed by atoms with E-state index in [0.29, 0.717) is 10.8 Å². The van der Waals surface area contributed by atoms with Gasteiger partial charge in [0.25, 0.3) is 10.0 Å². The number of sulfonamides is 1. The van der Waals surface area contributed by atoms with Crippen molar-refractivity contribution in [3.8, 4) is 0 Å². The minimum absolute atomic E-state index is 0.0242. The van der Waals surface area contributed by atoms with Crippen LogP contribution in [0.15, 0.2) is 11.2 Å². The molecule has 6 nitrogen and oxygen atoms in total. The first kappa shape index (κ1) is 14.8. The fraction of sp³-hybridized carbons (Fsp3) is 0.727. The van der Waals surface area contributed by atoms with E-state index in [0.717, 1.165) is 25.0 Å². The molecule has 2 unspecified atom stereocenters. The molecule has 8 heteroatoms. The standard InChI is InChI=1S/C11H19N3O3S2/c1-2-18-10-4-3-9(5-10)14-19(16,17)11-8(7-15)6-12-13-11/h6,9-10,14-15H,2-5,7H2,1H3,(H,12,13).